The highest BCUT2D eigenvalue weighted by Crippen LogP contribution is 2.39. The Balaban J connectivity index is 1.59. The van der Waals surface area contributed by atoms with Gasteiger partial charge in [-0.3, -0.25) is 0 Å². The molecule has 0 aliphatic carbocycles. The van der Waals surface area contributed by atoms with Crippen molar-refractivity contribution in [2.75, 3.05) is 6.61 Å². The molecule has 0 aliphatic heterocycles. The topological polar surface area (TPSA) is 61.3 Å². The lowest BCUT2D eigenvalue weighted by molar-refractivity contribution is -0.138. The maximum atomic E-state index is 13.5. The predicted octanol–water partition coefficient (Wildman–Crippen LogP) is 6.07. The molecule has 0 unspecified atom stereocenters. The zero-order valence-electron chi connectivity index (χ0n) is 16.6. The zero-order chi connectivity index (χ0) is 21.0. The highest BCUT2D eigenvalue weighted by molar-refractivity contribution is 5.58. The van der Waals surface area contributed by atoms with Crippen LogP contribution in [0.5, 0.6) is 5.75 Å². The molecule has 0 amide bonds. The first kappa shape index (κ1) is 21.0. The van der Waals surface area contributed by atoms with Gasteiger partial charge >= 0.3 is 6.18 Å². The molecule has 8 heteroatoms. The van der Waals surface area contributed by atoms with Crippen LogP contribution in [0.25, 0.3) is 11.5 Å². The Morgan fingerprint density at radius 3 is 2.45 bits per heavy atom. The molecule has 29 heavy (non-hydrogen) atoms. The van der Waals surface area contributed by atoms with E-state index in [4.69, 9.17) is 13.7 Å². The van der Waals surface area contributed by atoms with Gasteiger partial charge in [-0.2, -0.15) is 13.2 Å². The van der Waals surface area contributed by atoms with E-state index < -0.39 is 11.7 Å². The summed E-state index contributed by atoms with van der Waals surface area (Å²) in [4.78, 5) is 4.17. The molecule has 0 fully saturated rings. The lowest BCUT2D eigenvalue weighted by Crippen LogP contribution is -2.10. The van der Waals surface area contributed by atoms with Crippen molar-refractivity contribution in [3.8, 4) is 17.2 Å². The summed E-state index contributed by atoms with van der Waals surface area (Å²) in [6, 6.07) is 5.75. The fourth-order valence-corrected chi connectivity index (χ4v) is 2.90. The standard InChI is InChI=1S/C21H23F3N2O3/c1-13-11-17(29-26-13)7-5-4-6-10-27-19-9-8-16(12-18(19)21(22,23)24)20-25-14(2)15(3)28-20/h8-9,11-12H,4-7,10H2,1-3H3. The summed E-state index contributed by atoms with van der Waals surface area (Å²) in [7, 11) is 0. The van der Waals surface area contributed by atoms with E-state index in [1.54, 1.807) is 13.8 Å². The quantitative estimate of drug-likeness (QED) is 0.424. The SMILES string of the molecule is Cc1cc(CCCCCOc2ccc(-c3nc(C)c(C)o3)cc2C(F)(F)F)on1. The smallest absolute Gasteiger partial charge is 0.419 e. The van der Waals surface area contributed by atoms with Crippen LogP contribution in [-0.4, -0.2) is 16.7 Å². The summed E-state index contributed by atoms with van der Waals surface area (Å²) in [5.41, 5.74) is 0.916. The maximum absolute atomic E-state index is 13.5. The molecule has 0 atom stereocenters. The number of halogens is 3. The van der Waals surface area contributed by atoms with E-state index in [1.807, 2.05) is 13.0 Å². The molecule has 0 spiro atoms. The van der Waals surface area contributed by atoms with Gasteiger partial charge in [0.1, 0.15) is 17.3 Å². The van der Waals surface area contributed by atoms with Gasteiger partial charge in [-0.1, -0.05) is 5.16 Å². The lowest BCUT2D eigenvalue weighted by Gasteiger charge is -2.14. The molecule has 5 nitrogen and oxygen atoms in total. The van der Waals surface area contributed by atoms with Crippen LogP contribution in [0.1, 0.15) is 47.7 Å². The highest BCUT2D eigenvalue weighted by atomic mass is 19.4. The molecule has 0 bridgehead atoms. The van der Waals surface area contributed by atoms with Crippen molar-refractivity contribution < 1.29 is 26.8 Å². The van der Waals surface area contributed by atoms with Gasteiger partial charge in [0, 0.05) is 18.1 Å². The van der Waals surface area contributed by atoms with Crippen LogP contribution in [0.4, 0.5) is 13.2 Å². The van der Waals surface area contributed by atoms with Gasteiger partial charge in [0.25, 0.3) is 0 Å². The van der Waals surface area contributed by atoms with Crippen molar-refractivity contribution in [1.82, 2.24) is 10.1 Å². The number of rotatable bonds is 8. The van der Waals surface area contributed by atoms with Crippen LogP contribution in [0, 0.1) is 20.8 Å². The van der Waals surface area contributed by atoms with Gasteiger partial charge in [0.2, 0.25) is 5.89 Å². The van der Waals surface area contributed by atoms with Crippen molar-refractivity contribution in [3.05, 3.63) is 52.7 Å². The van der Waals surface area contributed by atoms with E-state index in [0.717, 1.165) is 36.8 Å². The average molecular weight is 408 g/mol. The van der Waals surface area contributed by atoms with Gasteiger partial charge in [0.15, 0.2) is 0 Å². The van der Waals surface area contributed by atoms with Crippen LogP contribution >= 0.6 is 0 Å². The van der Waals surface area contributed by atoms with Gasteiger partial charge in [0.05, 0.1) is 23.6 Å². The second-order valence-corrected chi connectivity index (χ2v) is 6.96. The third-order valence-electron chi connectivity index (χ3n) is 4.56. The number of hydrogen-bond acceptors (Lipinski definition) is 5. The number of alkyl halides is 3. The Morgan fingerprint density at radius 2 is 1.83 bits per heavy atom. The van der Waals surface area contributed by atoms with E-state index >= 15 is 0 Å². The molecule has 3 rings (SSSR count). The summed E-state index contributed by atoms with van der Waals surface area (Å²) in [5.74, 6) is 1.37. The van der Waals surface area contributed by atoms with Gasteiger partial charge in [-0.15, -0.1) is 0 Å². The molecule has 2 aromatic heterocycles. The molecule has 3 aromatic rings. The number of aryl methyl sites for hydroxylation is 4. The van der Waals surface area contributed by atoms with Gasteiger partial charge in [-0.05, 0) is 58.2 Å². The first-order chi connectivity index (χ1) is 13.7. The molecule has 0 aliphatic rings. The first-order valence-corrected chi connectivity index (χ1v) is 9.44. The highest BCUT2D eigenvalue weighted by Gasteiger charge is 2.35. The second kappa shape index (κ2) is 8.71. The number of unbranched alkanes of at least 4 members (excludes halogenated alkanes) is 2. The Bertz CT molecular complexity index is 941. The van der Waals surface area contributed by atoms with Crippen LogP contribution in [0.3, 0.4) is 0 Å². The van der Waals surface area contributed by atoms with Gasteiger partial charge in [-0.25, -0.2) is 4.98 Å². The number of oxazole rings is 1. The molecular formula is C21H23F3N2O3. The van der Waals surface area contributed by atoms with E-state index in [0.29, 0.717) is 17.9 Å². The Labute approximate surface area is 166 Å². The van der Waals surface area contributed by atoms with Crippen molar-refractivity contribution in [2.45, 2.75) is 52.6 Å². The van der Waals surface area contributed by atoms with Crippen molar-refractivity contribution in [2.24, 2.45) is 0 Å². The third kappa shape index (κ3) is 5.40. The van der Waals surface area contributed by atoms with E-state index in [-0.39, 0.29) is 23.8 Å². The molecule has 2 heterocycles. The first-order valence-electron chi connectivity index (χ1n) is 9.44. The minimum absolute atomic E-state index is 0.166. The van der Waals surface area contributed by atoms with Crippen LogP contribution < -0.4 is 4.74 Å². The fourth-order valence-electron chi connectivity index (χ4n) is 2.90. The van der Waals surface area contributed by atoms with Gasteiger partial charge < -0.3 is 13.7 Å². The van der Waals surface area contributed by atoms with Crippen LogP contribution in [0.15, 0.2) is 33.2 Å². The maximum Gasteiger partial charge on any atom is 0.419 e. The lowest BCUT2D eigenvalue weighted by atomic mass is 10.1. The summed E-state index contributed by atoms with van der Waals surface area (Å²) in [6.45, 7) is 5.52. The van der Waals surface area contributed by atoms with Crippen molar-refractivity contribution >= 4 is 0 Å². The Hall–Kier alpha value is -2.77. The number of hydrogen-bond donors (Lipinski definition) is 0. The van der Waals surface area contributed by atoms with E-state index in [9.17, 15) is 13.2 Å². The molecule has 0 saturated heterocycles. The number of ether oxygens (including phenoxy) is 1. The van der Waals surface area contributed by atoms with Crippen molar-refractivity contribution in [3.63, 3.8) is 0 Å². The summed E-state index contributed by atoms with van der Waals surface area (Å²) >= 11 is 0. The largest absolute Gasteiger partial charge is 0.493 e. The summed E-state index contributed by atoms with van der Waals surface area (Å²) < 4.78 is 56.5. The van der Waals surface area contributed by atoms with Crippen LogP contribution in [-0.2, 0) is 12.6 Å². The zero-order valence-corrected chi connectivity index (χ0v) is 16.6. The average Bonchev–Trinajstić information content (AvgIpc) is 3.22. The molecule has 0 N–H and O–H groups in total. The van der Waals surface area contributed by atoms with Crippen LogP contribution in [0.2, 0.25) is 0 Å². The monoisotopic (exact) mass is 408 g/mol. The summed E-state index contributed by atoms with van der Waals surface area (Å²) in [5, 5.41) is 3.82. The van der Waals surface area contributed by atoms with E-state index in [2.05, 4.69) is 10.1 Å². The summed E-state index contributed by atoms with van der Waals surface area (Å²) in [6.07, 6.45) is -1.48. The number of nitrogens with zero attached hydrogens (tertiary/aromatic N) is 2. The molecule has 156 valence electrons. The Kier molecular flexibility index (Phi) is 6.30. The minimum Gasteiger partial charge on any atom is -0.493 e. The molecule has 0 saturated carbocycles. The minimum atomic E-state index is -4.54. The number of benzene rings is 1. The predicted molar refractivity (Wildman–Crippen MR) is 101 cm³/mol. The Morgan fingerprint density at radius 1 is 1.03 bits per heavy atom. The van der Waals surface area contributed by atoms with E-state index in [1.165, 1.54) is 12.1 Å². The van der Waals surface area contributed by atoms with Crippen molar-refractivity contribution in [1.29, 1.82) is 0 Å². The third-order valence-corrected chi connectivity index (χ3v) is 4.56. The normalized spacial score (nSPS) is 11.8. The molecule has 1 aromatic carbocycles. The second-order valence-electron chi connectivity index (χ2n) is 6.96. The fraction of sp³-hybridized carbons (Fsp3) is 0.429. The molecular weight excluding hydrogens is 385 g/mol. The number of aromatic nitrogens is 2. The molecule has 0 radical (unpaired) electrons.